The molecule has 0 saturated heterocycles. The van der Waals surface area contributed by atoms with E-state index in [-0.39, 0.29) is 0 Å². The van der Waals surface area contributed by atoms with E-state index in [1.54, 1.807) is 0 Å². The van der Waals surface area contributed by atoms with Gasteiger partial charge in [-0.15, -0.1) is 0 Å². The number of likely N-dealkylation sites (N-methyl/N-ethyl adjacent to an activating group) is 1. The highest BCUT2D eigenvalue weighted by Crippen LogP contribution is 2.28. The van der Waals surface area contributed by atoms with Crippen molar-refractivity contribution in [2.24, 2.45) is 0 Å². The van der Waals surface area contributed by atoms with Gasteiger partial charge in [-0.2, -0.15) is 0 Å². The summed E-state index contributed by atoms with van der Waals surface area (Å²) in [5, 5.41) is 0. The number of nitrogens with zero attached hydrogens (tertiary/aromatic N) is 1. The fourth-order valence-corrected chi connectivity index (χ4v) is 1.92. The molecule has 0 atom stereocenters. The van der Waals surface area contributed by atoms with E-state index in [0.29, 0.717) is 0 Å². The maximum atomic E-state index is 4.04. The van der Waals surface area contributed by atoms with Gasteiger partial charge in [0.2, 0.25) is 0 Å². The van der Waals surface area contributed by atoms with Crippen LogP contribution in [-0.2, 0) is 0 Å². The van der Waals surface area contributed by atoms with Crippen LogP contribution in [0.1, 0.15) is 6.92 Å². The van der Waals surface area contributed by atoms with E-state index >= 15 is 0 Å². The van der Waals surface area contributed by atoms with E-state index in [0.717, 1.165) is 18.7 Å². The zero-order valence-corrected chi connectivity index (χ0v) is 9.71. The van der Waals surface area contributed by atoms with Crippen molar-refractivity contribution >= 4 is 0 Å². The normalized spacial score (nSPS) is 20.5. The topological polar surface area (TPSA) is 3.24 Å². The lowest BCUT2D eigenvalue weighted by Gasteiger charge is -2.29. The molecule has 1 nitrogen and oxygen atoms in total. The van der Waals surface area contributed by atoms with E-state index in [1.807, 2.05) is 12.2 Å². The van der Waals surface area contributed by atoms with Gasteiger partial charge in [0.1, 0.15) is 0 Å². The number of allylic oxidation sites excluding steroid dienone is 3. The SMILES string of the molecule is C=CC(=C)C1=C(C=C)CN(C)C/C1=C/C. The summed E-state index contributed by atoms with van der Waals surface area (Å²) < 4.78 is 0. The second-order valence-electron chi connectivity index (χ2n) is 3.82. The Bertz CT molecular complexity index is 356. The minimum Gasteiger partial charge on any atom is -0.298 e. The zero-order chi connectivity index (χ0) is 11.4. The molecule has 0 fully saturated rings. The lowest BCUT2D eigenvalue weighted by molar-refractivity contribution is 0.386. The molecule has 1 rings (SSSR count). The molecule has 15 heavy (non-hydrogen) atoms. The first-order chi connectivity index (χ1) is 7.13. The molecule has 0 spiro atoms. The summed E-state index contributed by atoms with van der Waals surface area (Å²) in [6.45, 7) is 15.6. The van der Waals surface area contributed by atoms with Crippen LogP contribution in [0.4, 0.5) is 0 Å². The molecule has 0 aliphatic carbocycles. The van der Waals surface area contributed by atoms with Gasteiger partial charge in [0.05, 0.1) is 0 Å². The summed E-state index contributed by atoms with van der Waals surface area (Å²) in [7, 11) is 2.11. The van der Waals surface area contributed by atoms with Crippen LogP contribution in [0.3, 0.4) is 0 Å². The van der Waals surface area contributed by atoms with E-state index in [9.17, 15) is 0 Å². The third-order valence-corrected chi connectivity index (χ3v) is 2.69. The lowest BCUT2D eigenvalue weighted by atomic mass is 9.89. The molecule has 1 aliphatic rings. The maximum Gasteiger partial charge on any atom is 0.0240 e. The van der Waals surface area contributed by atoms with E-state index < -0.39 is 0 Å². The van der Waals surface area contributed by atoms with E-state index in [4.69, 9.17) is 0 Å². The average molecular weight is 201 g/mol. The van der Waals surface area contributed by atoms with Gasteiger partial charge in [-0.3, -0.25) is 4.90 Å². The van der Waals surface area contributed by atoms with Crippen LogP contribution < -0.4 is 0 Å². The smallest absolute Gasteiger partial charge is 0.0240 e. The van der Waals surface area contributed by atoms with Crippen LogP contribution in [0.5, 0.6) is 0 Å². The molecule has 0 unspecified atom stereocenters. The molecular formula is C14H19N. The Labute approximate surface area is 92.8 Å². The molecule has 0 amide bonds. The molecule has 0 N–H and O–H groups in total. The Kier molecular flexibility index (Phi) is 3.87. The van der Waals surface area contributed by atoms with Crippen LogP contribution in [0.25, 0.3) is 0 Å². The molecular weight excluding hydrogens is 182 g/mol. The molecule has 0 aromatic rings. The van der Waals surface area contributed by atoms with Crippen molar-refractivity contribution in [2.45, 2.75) is 6.92 Å². The molecule has 0 saturated carbocycles. The van der Waals surface area contributed by atoms with Crippen molar-refractivity contribution in [1.82, 2.24) is 4.90 Å². The van der Waals surface area contributed by atoms with Crippen molar-refractivity contribution in [2.75, 3.05) is 20.1 Å². The van der Waals surface area contributed by atoms with E-state index in [1.165, 1.54) is 16.7 Å². The van der Waals surface area contributed by atoms with Crippen molar-refractivity contribution in [3.05, 3.63) is 60.3 Å². The first-order valence-corrected chi connectivity index (χ1v) is 5.15. The average Bonchev–Trinajstić information content (AvgIpc) is 2.26. The fourth-order valence-electron chi connectivity index (χ4n) is 1.92. The molecule has 0 aromatic carbocycles. The van der Waals surface area contributed by atoms with Crippen LogP contribution in [0, 0.1) is 0 Å². The molecule has 0 radical (unpaired) electrons. The van der Waals surface area contributed by atoms with Gasteiger partial charge in [0.25, 0.3) is 0 Å². The number of hydrogen-bond acceptors (Lipinski definition) is 1. The Morgan fingerprint density at radius 1 is 1.33 bits per heavy atom. The van der Waals surface area contributed by atoms with Gasteiger partial charge < -0.3 is 0 Å². The highest BCUT2D eigenvalue weighted by Gasteiger charge is 2.19. The number of rotatable bonds is 3. The lowest BCUT2D eigenvalue weighted by Crippen LogP contribution is -2.29. The van der Waals surface area contributed by atoms with Crippen molar-refractivity contribution in [3.63, 3.8) is 0 Å². The molecule has 1 aliphatic heterocycles. The van der Waals surface area contributed by atoms with Crippen LogP contribution in [-0.4, -0.2) is 25.0 Å². The first kappa shape index (κ1) is 11.7. The Balaban J connectivity index is 3.26. The van der Waals surface area contributed by atoms with Crippen LogP contribution in [0.15, 0.2) is 60.3 Å². The quantitative estimate of drug-likeness (QED) is 0.634. The van der Waals surface area contributed by atoms with Crippen LogP contribution >= 0.6 is 0 Å². The highest BCUT2D eigenvalue weighted by molar-refractivity contribution is 5.57. The zero-order valence-electron chi connectivity index (χ0n) is 9.71. The van der Waals surface area contributed by atoms with Crippen molar-refractivity contribution < 1.29 is 0 Å². The Hall–Kier alpha value is -1.34. The fraction of sp³-hybridized carbons (Fsp3) is 0.286. The monoisotopic (exact) mass is 201 g/mol. The molecule has 0 bridgehead atoms. The Morgan fingerprint density at radius 3 is 2.47 bits per heavy atom. The predicted octanol–water partition coefficient (Wildman–Crippen LogP) is 3.10. The second kappa shape index (κ2) is 4.94. The largest absolute Gasteiger partial charge is 0.298 e. The summed E-state index contributed by atoms with van der Waals surface area (Å²) in [6.07, 6.45) is 5.88. The Morgan fingerprint density at radius 2 is 2.00 bits per heavy atom. The molecule has 80 valence electrons. The second-order valence-corrected chi connectivity index (χ2v) is 3.82. The van der Waals surface area contributed by atoms with Gasteiger partial charge in [0, 0.05) is 13.1 Å². The third-order valence-electron chi connectivity index (χ3n) is 2.69. The summed E-state index contributed by atoms with van der Waals surface area (Å²) >= 11 is 0. The first-order valence-electron chi connectivity index (χ1n) is 5.15. The van der Waals surface area contributed by atoms with Crippen molar-refractivity contribution in [3.8, 4) is 0 Å². The van der Waals surface area contributed by atoms with Gasteiger partial charge in [-0.25, -0.2) is 0 Å². The third kappa shape index (κ3) is 2.37. The summed E-state index contributed by atoms with van der Waals surface area (Å²) in [6, 6.07) is 0. The molecule has 1 heteroatoms. The minimum atomic E-state index is 0.934. The van der Waals surface area contributed by atoms with E-state index in [2.05, 4.69) is 44.7 Å². The summed E-state index contributed by atoms with van der Waals surface area (Å²) in [5.41, 5.74) is 4.76. The maximum absolute atomic E-state index is 4.04. The van der Waals surface area contributed by atoms with Gasteiger partial charge >= 0.3 is 0 Å². The van der Waals surface area contributed by atoms with Gasteiger partial charge in [0.15, 0.2) is 0 Å². The van der Waals surface area contributed by atoms with Gasteiger partial charge in [-0.05, 0) is 36.3 Å². The highest BCUT2D eigenvalue weighted by atomic mass is 15.1. The summed E-state index contributed by atoms with van der Waals surface area (Å²) in [5.74, 6) is 0. The predicted molar refractivity (Wildman–Crippen MR) is 67.8 cm³/mol. The molecule has 1 heterocycles. The summed E-state index contributed by atoms with van der Waals surface area (Å²) in [4.78, 5) is 2.27. The minimum absolute atomic E-state index is 0.934. The van der Waals surface area contributed by atoms with Crippen LogP contribution in [0.2, 0.25) is 0 Å². The van der Waals surface area contributed by atoms with Gasteiger partial charge in [-0.1, -0.05) is 38.0 Å². The number of hydrogen-bond donors (Lipinski definition) is 0. The standard InChI is InChI=1S/C14H19N/c1-6-11(4)14-12(7-2)9-15(5)10-13(14)8-3/h6-8H,1-2,4,9-10H2,3,5H3/b13-8-. The molecule has 0 aromatic heterocycles. The van der Waals surface area contributed by atoms with Crippen molar-refractivity contribution in [1.29, 1.82) is 0 Å².